The maximum absolute atomic E-state index is 12.3. The number of ether oxygens (including phenoxy) is 1. The SMILES string of the molecule is O=C(CCCN1CCCCCC1)N[C@@H]1COC[C@H]1Cc1ccncc1. The van der Waals surface area contributed by atoms with Gasteiger partial charge in [0.05, 0.1) is 19.3 Å². The monoisotopic (exact) mass is 345 g/mol. The van der Waals surface area contributed by atoms with Crippen LogP contribution < -0.4 is 5.32 Å². The smallest absolute Gasteiger partial charge is 0.220 e. The van der Waals surface area contributed by atoms with E-state index in [9.17, 15) is 4.79 Å². The first kappa shape index (κ1) is 18.3. The van der Waals surface area contributed by atoms with Gasteiger partial charge in [-0.15, -0.1) is 0 Å². The normalized spacial score (nSPS) is 24.8. The van der Waals surface area contributed by atoms with Gasteiger partial charge in [0, 0.05) is 24.7 Å². The molecule has 0 unspecified atom stereocenters. The second-order valence-electron chi connectivity index (χ2n) is 7.39. The summed E-state index contributed by atoms with van der Waals surface area (Å²) in [7, 11) is 0. The van der Waals surface area contributed by atoms with E-state index in [1.807, 2.05) is 24.5 Å². The molecule has 0 aliphatic carbocycles. The Hall–Kier alpha value is -1.46. The molecule has 5 heteroatoms. The van der Waals surface area contributed by atoms with E-state index in [1.165, 1.54) is 44.3 Å². The number of carbonyl (C=O) groups excluding carboxylic acids is 1. The Morgan fingerprint density at radius 1 is 1.16 bits per heavy atom. The largest absolute Gasteiger partial charge is 0.379 e. The van der Waals surface area contributed by atoms with Crippen molar-refractivity contribution in [3.05, 3.63) is 30.1 Å². The molecule has 0 radical (unpaired) electrons. The van der Waals surface area contributed by atoms with Gasteiger partial charge in [0.1, 0.15) is 0 Å². The number of rotatable bonds is 7. The highest BCUT2D eigenvalue weighted by atomic mass is 16.5. The lowest BCUT2D eigenvalue weighted by Gasteiger charge is -2.21. The van der Waals surface area contributed by atoms with Gasteiger partial charge in [0.25, 0.3) is 0 Å². The first-order valence-corrected chi connectivity index (χ1v) is 9.79. The molecule has 3 rings (SSSR count). The fourth-order valence-electron chi connectivity index (χ4n) is 3.88. The van der Waals surface area contributed by atoms with Crippen molar-refractivity contribution >= 4 is 5.91 Å². The predicted molar refractivity (Wildman–Crippen MR) is 98.3 cm³/mol. The van der Waals surface area contributed by atoms with E-state index in [0.29, 0.717) is 18.9 Å². The van der Waals surface area contributed by atoms with E-state index in [0.717, 1.165) is 26.0 Å². The molecule has 1 N–H and O–H groups in total. The fourth-order valence-corrected chi connectivity index (χ4v) is 3.88. The molecular weight excluding hydrogens is 314 g/mol. The lowest BCUT2D eigenvalue weighted by Crippen LogP contribution is -2.40. The molecule has 0 spiro atoms. The fraction of sp³-hybridized carbons (Fsp3) is 0.700. The van der Waals surface area contributed by atoms with Crippen molar-refractivity contribution < 1.29 is 9.53 Å². The van der Waals surface area contributed by atoms with Crippen molar-refractivity contribution in [2.75, 3.05) is 32.8 Å². The van der Waals surface area contributed by atoms with E-state index in [4.69, 9.17) is 4.74 Å². The van der Waals surface area contributed by atoms with E-state index in [2.05, 4.69) is 15.2 Å². The minimum atomic E-state index is 0.138. The Morgan fingerprint density at radius 3 is 2.68 bits per heavy atom. The van der Waals surface area contributed by atoms with E-state index < -0.39 is 0 Å². The van der Waals surface area contributed by atoms with Gasteiger partial charge in [-0.1, -0.05) is 12.8 Å². The van der Waals surface area contributed by atoms with Crippen LogP contribution in [0.4, 0.5) is 0 Å². The molecular formula is C20H31N3O2. The number of carbonyl (C=O) groups is 1. The second-order valence-corrected chi connectivity index (χ2v) is 7.39. The topological polar surface area (TPSA) is 54.5 Å². The van der Waals surface area contributed by atoms with Crippen molar-refractivity contribution in [2.45, 2.75) is 51.0 Å². The number of nitrogens with one attached hydrogen (secondary N) is 1. The number of aromatic nitrogens is 1. The summed E-state index contributed by atoms with van der Waals surface area (Å²) in [6.07, 6.45) is 11.5. The van der Waals surface area contributed by atoms with Crippen molar-refractivity contribution in [3.63, 3.8) is 0 Å². The summed E-state index contributed by atoms with van der Waals surface area (Å²) in [4.78, 5) is 18.9. The van der Waals surface area contributed by atoms with Gasteiger partial charge >= 0.3 is 0 Å². The summed E-state index contributed by atoms with van der Waals surface area (Å²) in [5, 5.41) is 3.20. The summed E-state index contributed by atoms with van der Waals surface area (Å²) in [5.74, 6) is 0.530. The van der Waals surface area contributed by atoms with Crippen LogP contribution in [0.15, 0.2) is 24.5 Å². The van der Waals surface area contributed by atoms with Crippen LogP contribution in [0.2, 0.25) is 0 Å². The van der Waals surface area contributed by atoms with Gasteiger partial charge in [-0.05, 0) is 63.0 Å². The van der Waals surface area contributed by atoms with Crippen LogP contribution in [0.5, 0.6) is 0 Å². The van der Waals surface area contributed by atoms with Crippen molar-refractivity contribution in [2.24, 2.45) is 5.92 Å². The molecule has 138 valence electrons. The number of hydrogen-bond acceptors (Lipinski definition) is 4. The molecule has 5 nitrogen and oxygen atoms in total. The minimum absolute atomic E-state index is 0.138. The van der Waals surface area contributed by atoms with Crippen molar-refractivity contribution in [1.82, 2.24) is 15.2 Å². The minimum Gasteiger partial charge on any atom is -0.379 e. The molecule has 0 aromatic carbocycles. The molecule has 2 atom stereocenters. The zero-order chi connectivity index (χ0) is 17.3. The van der Waals surface area contributed by atoms with Crippen LogP contribution in [0.3, 0.4) is 0 Å². The third kappa shape index (κ3) is 6.08. The van der Waals surface area contributed by atoms with Crippen LogP contribution in [-0.4, -0.2) is 54.7 Å². The molecule has 3 heterocycles. The molecule has 2 aliphatic heterocycles. The second kappa shape index (κ2) is 9.88. The molecule has 1 amide bonds. The number of nitrogens with zero attached hydrogens (tertiary/aromatic N) is 2. The molecule has 0 saturated carbocycles. The molecule has 1 aromatic rings. The summed E-state index contributed by atoms with van der Waals surface area (Å²) >= 11 is 0. The molecule has 25 heavy (non-hydrogen) atoms. The van der Waals surface area contributed by atoms with Gasteiger partial charge in [-0.3, -0.25) is 9.78 Å². The molecule has 0 bridgehead atoms. The summed E-state index contributed by atoms with van der Waals surface area (Å²) in [6.45, 7) is 4.81. The van der Waals surface area contributed by atoms with E-state index >= 15 is 0 Å². The molecule has 2 aliphatic rings. The lowest BCUT2D eigenvalue weighted by atomic mass is 9.95. The average molecular weight is 345 g/mol. The maximum atomic E-state index is 12.3. The van der Waals surface area contributed by atoms with Crippen LogP contribution >= 0.6 is 0 Å². The van der Waals surface area contributed by atoms with Crippen LogP contribution in [0.25, 0.3) is 0 Å². The Labute approximate surface area is 151 Å². The zero-order valence-electron chi connectivity index (χ0n) is 15.2. The standard InChI is InChI=1S/C20H31N3O2/c24-20(6-5-13-23-11-3-1-2-4-12-23)22-19-16-25-15-18(19)14-17-7-9-21-10-8-17/h7-10,18-19H,1-6,11-16H2,(H,22,24)/t18-,19-/m1/s1. The highest BCUT2D eigenvalue weighted by molar-refractivity contribution is 5.76. The van der Waals surface area contributed by atoms with Crippen LogP contribution in [-0.2, 0) is 16.0 Å². The zero-order valence-corrected chi connectivity index (χ0v) is 15.2. The number of pyridine rings is 1. The summed E-state index contributed by atoms with van der Waals surface area (Å²) in [6, 6.07) is 4.22. The highest BCUT2D eigenvalue weighted by Gasteiger charge is 2.29. The molecule has 1 aromatic heterocycles. The maximum Gasteiger partial charge on any atom is 0.220 e. The Morgan fingerprint density at radius 2 is 1.92 bits per heavy atom. The molecule has 2 saturated heterocycles. The lowest BCUT2D eigenvalue weighted by molar-refractivity contribution is -0.122. The first-order valence-electron chi connectivity index (χ1n) is 9.79. The van der Waals surface area contributed by atoms with E-state index in [1.54, 1.807) is 0 Å². The Kier molecular flexibility index (Phi) is 7.24. The van der Waals surface area contributed by atoms with Crippen LogP contribution in [0, 0.1) is 5.92 Å². The summed E-state index contributed by atoms with van der Waals surface area (Å²) < 4.78 is 5.62. The van der Waals surface area contributed by atoms with Gasteiger partial charge in [-0.25, -0.2) is 0 Å². The number of amides is 1. The third-order valence-electron chi connectivity index (χ3n) is 5.37. The Balaban J connectivity index is 1.37. The van der Waals surface area contributed by atoms with Gasteiger partial charge in [0.15, 0.2) is 0 Å². The number of likely N-dealkylation sites (tertiary alicyclic amines) is 1. The summed E-state index contributed by atoms with van der Waals surface area (Å²) in [5.41, 5.74) is 1.26. The quantitative estimate of drug-likeness (QED) is 0.824. The van der Waals surface area contributed by atoms with E-state index in [-0.39, 0.29) is 11.9 Å². The first-order chi connectivity index (χ1) is 12.3. The van der Waals surface area contributed by atoms with Crippen LogP contribution in [0.1, 0.15) is 44.1 Å². The van der Waals surface area contributed by atoms with Gasteiger partial charge in [0.2, 0.25) is 5.91 Å². The molecule has 2 fully saturated rings. The van der Waals surface area contributed by atoms with Gasteiger partial charge in [-0.2, -0.15) is 0 Å². The van der Waals surface area contributed by atoms with Gasteiger partial charge < -0.3 is 15.0 Å². The number of hydrogen-bond donors (Lipinski definition) is 1. The Bertz CT molecular complexity index is 515. The van der Waals surface area contributed by atoms with Crippen molar-refractivity contribution in [3.8, 4) is 0 Å². The predicted octanol–water partition coefficient (Wildman–Crippen LogP) is 2.41. The third-order valence-corrected chi connectivity index (χ3v) is 5.37. The van der Waals surface area contributed by atoms with Crippen molar-refractivity contribution in [1.29, 1.82) is 0 Å². The average Bonchev–Trinajstić information content (AvgIpc) is 2.89. The highest BCUT2D eigenvalue weighted by Crippen LogP contribution is 2.19.